The Hall–Kier alpha value is -1.31. The molecule has 1 aliphatic rings. The lowest BCUT2D eigenvalue weighted by Crippen LogP contribution is -2.26. The van der Waals surface area contributed by atoms with E-state index in [1.807, 2.05) is 6.07 Å². The van der Waals surface area contributed by atoms with Gasteiger partial charge in [-0.25, -0.2) is 0 Å². The summed E-state index contributed by atoms with van der Waals surface area (Å²) >= 11 is 0. The van der Waals surface area contributed by atoms with Gasteiger partial charge in [-0.05, 0) is 29.9 Å². The van der Waals surface area contributed by atoms with Crippen molar-refractivity contribution in [2.24, 2.45) is 0 Å². The van der Waals surface area contributed by atoms with Gasteiger partial charge in [0, 0.05) is 11.5 Å². The van der Waals surface area contributed by atoms with Crippen molar-refractivity contribution in [3.8, 4) is 5.75 Å². The van der Waals surface area contributed by atoms with Crippen molar-refractivity contribution < 1.29 is 9.53 Å². The van der Waals surface area contributed by atoms with Crippen molar-refractivity contribution in [3.05, 3.63) is 29.3 Å². The lowest BCUT2D eigenvalue weighted by atomic mass is 9.78. The van der Waals surface area contributed by atoms with Gasteiger partial charge in [0.25, 0.3) is 0 Å². The molecule has 1 aromatic rings. The molecule has 1 aliphatic heterocycles. The smallest absolute Gasteiger partial charge is 0.127 e. The maximum absolute atomic E-state index is 11.4. The first-order valence-electron chi connectivity index (χ1n) is 7.81. The van der Waals surface area contributed by atoms with E-state index in [-0.39, 0.29) is 11.3 Å². The van der Waals surface area contributed by atoms with E-state index >= 15 is 0 Å². The third-order valence-corrected chi connectivity index (χ3v) is 4.43. The number of carbonyl (C=O) groups is 1. The van der Waals surface area contributed by atoms with E-state index < -0.39 is 0 Å². The molecule has 0 radical (unpaired) electrons. The highest BCUT2D eigenvalue weighted by atomic mass is 16.5. The summed E-state index contributed by atoms with van der Waals surface area (Å²) in [4.78, 5) is 11.4. The van der Waals surface area contributed by atoms with Crippen LogP contribution in [0, 0.1) is 0 Å². The minimum absolute atomic E-state index is 0.0320. The molecule has 0 bridgehead atoms. The second-order valence-corrected chi connectivity index (χ2v) is 6.48. The number of hydrogen-bond donors (Lipinski definition) is 0. The lowest BCUT2D eigenvalue weighted by Gasteiger charge is -2.33. The van der Waals surface area contributed by atoms with E-state index in [0.717, 1.165) is 43.5 Å². The van der Waals surface area contributed by atoms with Gasteiger partial charge in [0.1, 0.15) is 12.0 Å². The highest BCUT2D eigenvalue weighted by molar-refractivity contribution is 5.63. The largest absolute Gasteiger partial charge is 0.493 e. The maximum atomic E-state index is 11.4. The van der Waals surface area contributed by atoms with Crippen LogP contribution in [-0.4, -0.2) is 12.9 Å². The Morgan fingerprint density at radius 2 is 2.15 bits per heavy atom. The molecule has 20 heavy (non-hydrogen) atoms. The number of carbonyl (C=O) groups excluding carboxylic acids is 1. The van der Waals surface area contributed by atoms with Crippen LogP contribution in [0.1, 0.15) is 69.9 Å². The van der Waals surface area contributed by atoms with Crippen LogP contribution in [0.4, 0.5) is 0 Å². The lowest BCUT2D eigenvalue weighted by molar-refractivity contribution is -0.109. The van der Waals surface area contributed by atoms with E-state index in [1.54, 1.807) is 0 Å². The Bertz CT molecular complexity index is 462. The van der Waals surface area contributed by atoms with E-state index in [0.29, 0.717) is 0 Å². The molecule has 0 aliphatic carbocycles. The number of ether oxygens (including phenoxy) is 1. The molecule has 0 unspecified atom stereocenters. The van der Waals surface area contributed by atoms with Crippen molar-refractivity contribution in [1.29, 1.82) is 0 Å². The maximum Gasteiger partial charge on any atom is 0.127 e. The highest BCUT2D eigenvalue weighted by Gasteiger charge is 2.29. The van der Waals surface area contributed by atoms with Crippen LogP contribution in [0.25, 0.3) is 0 Å². The minimum atomic E-state index is 0.0320. The van der Waals surface area contributed by atoms with Gasteiger partial charge in [-0.3, -0.25) is 0 Å². The van der Waals surface area contributed by atoms with Crippen LogP contribution in [0.15, 0.2) is 18.2 Å². The fourth-order valence-corrected chi connectivity index (χ4v) is 2.91. The summed E-state index contributed by atoms with van der Waals surface area (Å²) < 4.78 is 5.74. The first kappa shape index (κ1) is 15.1. The predicted octanol–water partition coefficient (Wildman–Crippen LogP) is 4.61. The van der Waals surface area contributed by atoms with Gasteiger partial charge in [-0.2, -0.15) is 0 Å². The van der Waals surface area contributed by atoms with Gasteiger partial charge in [-0.15, -0.1) is 0 Å². The Morgan fingerprint density at radius 1 is 1.35 bits per heavy atom. The second-order valence-electron chi connectivity index (χ2n) is 6.48. The standard InChI is InChI=1S/C18H26O2/c1-4-5-6-7-15(13-19)14-8-9-17-16(12-14)18(2,3)10-11-20-17/h8-9,12-13,15H,4-7,10-11H2,1-3H3/t15-/m1/s1. The second kappa shape index (κ2) is 6.43. The SMILES string of the molecule is CCCCC[C@H](C=O)c1ccc2c(c1)C(C)(C)CCO2. The molecule has 2 rings (SSSR count). The zero-order chi connectivity index (χ0) is 14.6. The molecule has 0 spiro atoms. The molecule has 1 atom stereocenters. The third kappa shape index (κ3) is 3.23. The summed E-state index contributed by atoms with van der Waals surface area (Å²) in [5.74, 6) is 1.02. The van der Waals surface area contributed by atoms with Crippen molar-refractivity contribution in [2.75, 3.05) is 6.61 Å². The van der Waals surface area contributed by atoms with Crippen molar-refractivity contribution >= 4 is 6.29 Å². The van der Waals surface area contributed by atoms with Crippen molar-refractivity contribution in [1.82, 2.24) is 0 Å². The molecule has 0 fully saturated rings. The van der Waals surface area contributed by atoms with E-state index in [9.17, 15) is 4.79 Å². The van der Waals surface area contributed by atoms with E-state index in [2.05, 4.69) is 32.9 Å². The third-order valence-electron chi connectivity index (χ3n) is 4.43. The quantitative estimate of drug-likeness (QED) is 0.559. The predicted molar refractivity (Wildman–Crippen MR) is 82.5 cm³/mol. The zero-order valence-corrected chi connectivity index (χ0v) is 12.9. The zero-order valence-electron chi connectivity index (χ0n) is 12.9. The summed E-state index contributed by atoms with van der Waals surface area (Å²) in [5.41, 5.74) is 2.54. The van der Waals surface area contributed by atoms with Crippen LogP contribution < -0.4 is 4.74 Å². The number of rotatable bonds is 6. The summed E-state index contributed by atoms with van der Waals surface area (Å²) in [7, 11) is 0. The van der Waals surface area contributed by atoms with Crippen molar-refractivity contribution in [2.45, 2.75) is 64.2 Å². The Kier molecular flexibility index (Phi) is 4.85. The van der Waals surface area contributed by atoms with Crippen LogP contribution in [0.3, 0.4) is 0 Å². The fraction of sp³-hybridized carbons (Fsp3) is 0.611. The van der Waals surface area contributed by atoms with E-state index in [1.165, 1.54) is 18.4 Å². The molecule has 0 aromatic heterocycles. The van der Waals surface area contributed by atoms with Crippen LogP contribution in [0.2, 0.25) is 0 Å². The normalized spacial score (nSPS) is 17.9. The average Bonchev–Trinajstić information content (AvgIpc) is 2.43. The van der Waals surface area contributed by atoms with Gasteiger partial charge < -0.3 is 9.53 Å². The summed E-state index contributed by atoms with van der Waals surface area (Å²) in [6.07, 6.45) is 6.61. The van der Waals surface area contributed by atoms with Crippen LogP contribution in [-0.2, 0) is 10.2 Å². The summed E-state index contributed by atoms with van der Waals surface area (Å²) in [6, 6.07) is 6.30. The molecule has 0 saturated carbocycles. The molecule has 1 aromatic carbocycles. The topological polar surface area (TPSA) is 26.3 Å². The van der Waals surface area contributed by atoms with Crippen LogP contribution >= 0.6 is 0 Å². The van der Waals surface area contributed by atoms with Gasteiger partial charge in [0.15, 0.2) is 0 Å². The minimum Gasteiger partial charge on any atom is -0.493 e. The van der Waals surface area contributed by atoms with Gasteiger partial charge >= 0.3 is 0 Å². The highest BCUT2D eigenvalue weighted by Crippen LogP contribution is 2.40. The molecule has 110 valence electrons. The first-order valence-corrected chi connectivity index (χ1v) is 7.81. The number of hydrogen-bond acceptors (Lipinski definition) is 2. The van der Waals surface area contributed by atoms with Gasteiger partial charge in [-0.1, -0.05) is 52.2 Å². The van der Waals surface area contributed by atoms with Gasteiger partial charge in [0.2, 0.25) is 0 Å². The number of benzene rings is 1. The molecular formula is C18H26O2. The number of unbranched alkanes of at least 4 members (excludes halogenated alkanes) is 2. The van der Waals surface area contributed by atoms with Crippen molar-refractivity contribution in [3.63, 3.8) is 0 Å². The monoisotopic (exact) mass is 274 g/mol. The molecule has 1 heterocycles. The molecule has 2 nitrogen and oxygen atoms in total. The molecular weight excluding hydrogens is 248 g/mol. The van der Waals surface area contributed by atoms with Crippen LogP contribution in [0.5, 0.6) is 5.75 Å². The molecule has 0 saturated heterocycles. The Morgan fingerprint density at radius 3 is 2.85 bits per heavy atom. The summed E-state index contributed by atoms with van der Waals surface area (Å²) in [5, 5.41) is 0. The fourth-order valence-electron chi connectivity index (χ4n) is 2.91. The number of fused-ring (bicyclic) bond motifs is 1. The average molecular weight is 274 g/mol. The molecule has 0 N–H and O–H groups in total. The van der Waals surface area contributed by atoms with E-state index in [4.69, 9.17) is 4.74 Å². The summed E-state index contributed by atoms with van der Waals surface area (Å²) in [6.45, 7) is 7.48. The Labute approximate surface area is 122 Å². The first-order chi connectivity index (χ1) is 9.58. The van der Waals surface area contributed by atoms with Gasteiger partial charge in [0.05, 0.1) is 6.61 Å². The molecule has 0 amide bonds. The number of aldehydes is 1. The molecule has 2 heteroatoms. The Balaban J connectivity index is 2.22.